The molecule has 6 rings (SSSR count). The Balaban J connectivity index is 1.34. The number of benzene rings is 3. The number of phenols is 1. The monoisotopic (exact) mass is 580 g/mol. The van der Waals surface area contributed by atoms with Gasteiger partial charge in [-0.3, -0.25) is 9.59 Å². The number of carbonyl (C=O) groups excluding carboxylic acids is 2. The molecule has 43 heavy (non-hydrogen) atoms. The largest absolute Gasteiger partial charge is 0.505 e. The number of fused-ring (bicyclic) bond motifs is 4. The van der Waals surface area contributed by atoms with E-state index < -0.39 is 36.6 Å². The summed E-state index contributed by atoms with van der Waals surface area (Å²) in [6.07, 6.45) is 3.92. The molecule has 0 saturated carbocycles. The van der Waals surface area contributed by atoms with Crippen LogP contribution in [0.4, 0.5) is 4.39 Å². The van der Waals surface area contributed by atoms with Gasteiger partial charge in [0.25, 0.3) is 0 Å². The van der Waals surface area contributed by atoms with Crippen LogP contribution in [0.5, 0.6) is 11.5 Å². The summed E-state index contributed by atoms with van der Waals surface area (Å²) in [5.41, 5.74) is 4.51. The fourth-order valence-electron chi connectivity index (χ4n) is 7.00. The molecule has 4 atom stereocenters. The first-order chi connectivity index (χ1) is 20.8. The van der Waals surface area contributed by atoms with E-state index in [1.165, 1.54) is 12.1 Å². The summed E-state index contributed by atoms with van der Waals surface area (Å²) >= 11 is 0. The van der Waals surface area contributed by atoms with Crippen LogP contribution in [0.25, 0.3) is 6.08 Å². The Labute approximate surface area is 251 Å². The quantitative estimate of drug-likeness (QED) is 0.228. The minimum Gasteiger partial charge on any atom is -0.505 e. The Bertz CT molecular complexity index is 1600. The molecule has 0 bridgehead atoms. The van der Waals surface area contributed by atoms with Gasteiger partial charge >= 0.3 is 7.12 Å². The lowest BCUT2D eigenvalue weighted by Crippen LogP contribution is -2.51. The van der Waals surface area contributed by atoms with Gasteiger partial charge in [0, 0.05) is 23.0 Å². The molecular formula is C35H34BFO6. The molecule has 0 aromatic heterocycles. The van der Waals surface area contributed by atoms with Crippen LogP contribution >= 0.6 is 0 Å². The van der Waals surface area contributed by atoms with Crippen molar-refractivity contribution in [1.82, 2.24) is 0 Å². The maximum atomic E-state index is 14.0. The van der Waals surface area contributed by atoms with E-state index in [0.29, 0.717) is 41.7 Å². The number of Topliss-reactive ketones (excluding diaryl/α,β-unsaturated/α-hetero) is 2. The third-order valence-corrected chi connectivity index (χ3v) is 9.04. The molecule has 0 radical (unpaired) electrons. The van der Waals surface area contributed by atoms with E-state index in [-0.39, 0.29) is 30.4 Å². The zero-order valence-electron chi connectivity index (χ0n) is 24.0. The van der Waals surface area contributed by atoms with Crippen LogP contribution in [0.1, 0.15) is 58.9 Å². The smallest absolute Gasteiger partial charge is 0.455 e. The zero-order valence-corrected chi connectivity index (χ0v) is 24.0. The number of halogens is 1. The van der Waals surface area contributed by atoms with Gasteiger partial charge in [-0.05, 0) is 78.9 Å². The van der Waals surface area contributed by atoms with Crippen molar-refractivity contribution in [2.75, 3.05) is 6.61 Å². The lowest BCUT2D eigenvalue weighted by atomic mass is 9.54. The summed E-state index contributed by atoms with van der Waals surface area (Å²) in [7, 11) is -1.07. The minimum atomic E-state index is -1.07. The Morgan fingerprint density at radius 3 is 2.47 bits per heavy atom. The van der Waals surface area contributed by atoms with Crippen molar-refractivity contribution in [3.05, 3.63) is 112 Å². The molecule has 0 unspecified atom stereocenters. The van der Waals surface area contributed by atoms with Gasteiger partial charge in [-0.15, -0.1) is 0 Å². The zero-order chi connectivity index (χ0) is 30.1. The highest BCUT2D eigenvalue weighted by molar-refractivity contribution is 6.43. The van der Waals surface area contributed by atoms with Gasteiger partial charge in [-0.2, -0.15) is 0 Å². The fraction of sp³-hybridized carbons (Fsp3) is 0.314. The number of aromatic hydroxyl groups is 1. The molecule has 8 heteroatoms. The van der Waals surface area contributed by atoms with Crippen LogP contribution in [0.3, 0.4) is 0 Å². The molecule has 2 aliphatic carbocycles. The number of ketones is 2. The van der Waals surface area contributed by atoms with E-state index in [2.05, 4.69) is 0 Å². The SMILES string of the molecule is CC/C(=C\c1ccc(O)c(F)c1)CC[C@H]1OB(O)C[C@H]2C1=C(COc1ccccc1)C[C@H]1C(=O)c3ccccc3C(=O)[C@H]12. The second kappa shape index (κ2) is 12.3. The summed E-state index contributed by atoms with van der Waals surface area (Å²) in [5, 5.41) is 20.5. The number of hydrogen-bond acceptors (Lipinski definition) is 6. The first-order valence-corrected chi connectivity index (χ1v) is 14.9. The minimum absolute atomic E-state index is 0.0358. The molecule has 1 aliphatic heterocycles. The summed E-state index contributed by atoms with van der Waals surface area (Å²) < 4.78 is 26.3. The van der Waals surface area contributed by atoms with Gasteiger partial charge in [0.15, 0.2) is 23.1 Å². The van der Waals surface area contributed by atoms with Crippen molar-refractivity contribution in [2.24, 2.45) is 17.8 Å². The van der Waals surface area contributed by atoms with E-state index in [1.54, 1.807) is 30.3 Å². The van der Waals surface area contributed by atoms with E-state index in [1.807, 2.05) is 43.3 Å². The van der Waals surface area contributed by atoms with Crippen molar-refractivity contribution < 1.29 is 33.5 Å². The summed E-state index contributed by atoms with van der Waals surface area (Å²) in [5.74, 6) is -1.90. The predicted octanol–water partition coefficient (Wildman–Crippen LogP) is 6.69. The van der Waals surface area contributed by atoms with E-state index in [9.17, 15) is 24.1 Å². The molecule has 2 N–H and O–H groups in total. The Kier molecular flexibility index (Phi) is 8.33. The second-order valence-corrected chi connectivity index (χ2v) is 11.6. The van der Waals surface area contributed by atoms with Crippen molar-refractivity contribution in [2.45, 2.75) is 45.0 Å². The van der Waals surface area contributed by atoms with Crippen molar-refractivity contribution in [3.8, 4) is 11.5 Å². The number of allylic oxidation sites excluding steroid dienone is 1. The first-order valence-electron chi connectivity index (χ1n) is 14.9. The number of para-hydroxylation sites is 1. The van der Waals surface area contributed by atoms with Gasteiger partial charge in [0.1, 0.15) is 12.4 Å². The highest BCUT2D eigenvalue weighted by Gasteiger charge is 2.53. The topological polar surface area (TPSA) is 93.1 Å². The average Bonchev–Trinajstić information content (AvgIpc) is 3.02. The highest BCUT2D eigenvalue weighted by Crippen LogP contribution is 2.51. The molecule has 3 aliphatic rings. The Morgan fingerprint density at radius 1 is 1.02 bits per heavy atom. The lowest BCUT2D eigenvalue weighted by molar-refractivity contribution is 0.0592. The number of ether oxygens (including phenoxy) is 1. The normalized spacial score (nSPS) is 23.5. The second-order valence-electron chi connectivity index (χ2n) is 11.6. The molecule has 0 amide bonds. The molecule has 1 saturated heterocycles. The van der Waals surface area contributed by atoms with E-state index in [4.69, 9.17) is 9.39 Å². The first kappa shape index (κ1) is 29.1. The predicted molar refractivity (Wildman–Crippen MR) is 162 cm³/mol. The molecule has 6 nitrogen and oxygen atoms in total. The molecule has 0 spiro atoms. The van der Waals surface area contributed by atoms with Gasteiger partial charge < -0.3 is 19.5 Å². The number of carbonyl (C=O) groups is 2. The van der Waals surface area contributed by atoms with Crippen LogP contribution in [0.15, 0.2) is 89.5 Å². The van der Waals surface area contributed by atoms with Gasteiger partial charge in [-0.25, -0.2) is 4.39 Å². The Morgan fingerprint density at radius 2 is 1.74 bits per heavy atom. The maximum absolute atomic E-state index is 14.0. The van der Waals surface area contributed by atoms with E-state index in [0.717, 1.165) is 23.1 Å². The molecule has 3 aromatic carbocycles. The third kappa shape index (κ3) is 5.82. The maximum Gasteiger partial charge on any atom is 0.455 e. The molecule has 3 aromatic rings. The lowest BCUT2D eigenvalue weighted by Gasteiger charge is -2.47. The van der Waals surface area contributed by atoms with Crippen LogP contribution in [0, 0.1) is 23.6 Å². The van der Waals surface area contributed by atoms with Crippen LogP contribution in [-0.2, 0) is 4.65 Å². The summed E-state index contributed by atoms with van der Waals surface area (Å²) in [6, 6.07) is 20.8. The molecule has 220 valence electrons. The molecule has 1 heterocycles. The molecule has 1 fully saturated rings. The number of hydrogen-bond donors (Lipinski definition) is 2. The van der Waals surface area contributed by atoms with E-state index >= 15 is 0 Å². The van der Waals surface area contributed by atoms with Crippen molar-refractivity contribution in [1.29, 1.82) is 0 Å². The van der Waals surface area contributed by atoms with Crippen molar-refractivity contribution >= 4 is 24.8 Å². The van der Waals surface area contributed by atoms with Gasteiger partial charge in [0.05, 0.1) is 6.10 Å². The third-order valence-electron chi connectivity index (χ3n) is 9.04. The summed E-state index contributed by atoms with van der Waals surface area (Å²) in [6.45, 7) is 2.27. The number of rotatable bonds is 8. The van der Waals surface area contributed by atoms with Gasteiger partial charge in [-0.1, -0.05) is 67.1 Å². The van der Waals surface area contributed by atoms with Crippen molar-refractivity contribution in [3.63, 3.8) is 0 Å². The Hall–Kier alpha value is -4.01. The standard InChI is InChI=1S/C35H34BFO6/c1-2-21(16-22-12-14-30(38)29(37)17-22)13-15-31-32-23(20-42-24-8-4-3-5-9-24)18-27-33(28(32)19-36(41)43-31)35(40)26-11-7-6-10-25(26)34(27)39/h3-12,14,16-17,27-28,31,33,38,41H,2,13,15,18-20H2,1H3/b21-16+/t27-,28+,31-,33-/m1/s1. The summed E-state index contributed by atoms with van der Waals surface area (Å²) in [4.78, 5) is 27.7. The van der Waals surface area contributed by atoms with Crippen LogP contribution < -0.4 is 4.74 Å². The fourth-order valence-corrected chi connectivity index (χ4v) is 7.00. The highest BCUT2D eigenvalue weighted by atomic mass is 19.1. The van der Waals surface area contributed by atoms with Crippen LogP contribution in [-0.4, -0.2) is 41.5 Å². The molecular weight excluding hydrogens is 546 g/mol. The van der Waals surface area contributed by atoms with Gasteiger partial charge in [0.2, 0.25) is 0 Å². The number of phenolic OH excluding ortho intramolecular Hbond substituents is 1. The van der Waals surface area contributed by atoms with Crippen LogP contribution in [0.2, 0.25) is 6.32 Å². The average molecular weight is 580 g/mol.